The Morgan fingerprint density at radius 3 is 2.62 bits per heavy atom. The standard InChI is InChI=1S/C15H16ClN3O2/c16-12-3-1-11(2-4-12)15(5-7-21-8-6-15)14(20)19-13-9-17-18-10-13/h1-4,9-10H,5-8H2,(H,17,18)(H,19,20). The van der Waals surface area contributed by atoms with Gasteiger partial charge in [-0.3, -0.25) is 9.89 Å². The number of halogens is 1. The Morgan fingerprint density at radius 2 is 2.00 bits per heavy atom. The fourth-order valence-electron chi connectivity index (χ4n) is 2.71. The molecule has 2 heterocycles. The van der Waals surface area contributed by atoms with Crippen LogP contribution < -0.4 is 5.32 Å². The van der Waals surface area contributed by atoms with Gasteiger partial charge in [-0.1, -0.05) is 23.7 Å². The van der Waals surface area contributed by atoms with Gasteiger partial charge in [0.15, 0.2) is 0 Å². The third-order valence-electron chi connectivity index (χ3n) is 3.93. The van der Waals surface area contributed by atoms with E-state index in [9.17, 15) is 4.79 Å². The number of hydrogen-bond donors (Lipinski definition) is 2. The summed E-state index contributed by atoms with van der Waals surface area (Å²) in [7, 11) is 0. The van der Waals surface area contributed by atoms with E-state index < -0.39 is 5.41 Å². The van der Waals surface area contributed by atoms with Crippen LogP contribution in [-0.2, 0) is 14.9 Å². The Balaban J connectivity index is 1.92. The minimum Gasteiger partial charge on any atom is -0.381 e. The molecule has 3 rings (SSSR count). The predicted octanol–water partition coefficient (Wildman–Crippen LogP) is 2.75. The van der Waals surface area contributed by atoms with Crippen molar-refractivity contribution in [3.63, 3.8) is 0 Å². The Labute approximate surface area is 127 Å². The molecule has 6 heteroatoms. The number of carbonyl (C=O) groups excluding carboxylic acids is 1. The average Bonchev–Trinajstić information content (AvgIpc) is 3.01. The summed E-state index contributed by atoms with van der Waals surface area (Å²) < 4.78 is 5.43. The van der Waals surface area contributed by atoms with E-state index in [1.54, 1.807) is 12.4 Å². The van der Waals surface area contributed by atoms with Crippen LogP contribution in [0.2, 0.25) is 5.02 Å². The molecule has 0 aliphatic carbocycles. The number of ether oxygens (including phenoxy) is 1. The van der Waals surface area contributed by atoms with Gasteiger partial charge in [0.1, 0.15) is 0 Å². The first kappa shape index (κ1) is 14.1. The molecular weight excluding hydrogens is 290 g/mol. The van der Waals surface area contributed by atoms with E-state index in [1.807, 2.05) is 24.3 Å². The van der Waals surface area contributed by atoms with Gasteiger partial charge in [-0.25, -0.2) is 0 Å². The molecule has 0 spiro atoms. The highest BCUT2D eigenvalue weighted by molar-refractivity contribution is 6.30. The first-order chi connectivity index (χ1) is 10.2. The van der Waals surface area contributed by atoms with Crippen molar-refractivity contribution in [2.24, 2.45) is 0 Å². The second kappa shape index (κ2) is 5.87. The van der Waals surface area contributed by atoms with E-state index in [-0.39, 0.29) is 5.91 Å². The van der Waals surface area contributed by atoms with Gasteiger partial charge in [-0.05, 0) is 30.5 Å². The third kappa shape index (κ3) is 2.80. The maximum Gasteiger partial charge on any atom is 0.235 e. The number of carbonyl (C=O) groups is 1. The molecule has 5 nitrogen and oxygen atoms in total. The van der Waals surface area contributed by atoms with Crippen molar-refractivity contribution in [3.8, 4) is 0 Å². The van der Waals surface area contributed by atoms with Gasteiger partial charge in [0.05, 0.1) is 17.3 Å². The topological polar surface area (TPSA) is 67.0 Å². The lowest BCUT2D eigenvalue weighted by molar-refractivity contribution is -0.125. The monoisotopic (exact) mass is 305 g/mol. The first-order valence-electron chi connectivity index (χ1n) is 6.85. The van der Waals surface area contributed by atoms with E-state index >= 15 is 0 Å². The van der Waals surface area contributed by atoms with Crippen LogP contribution in [0.1, 0.15) is 18.4 Å². The number of aromatic amines is 1. The summed E-state index contributed by atoms with van der Waals surface area (Å²) in [6.07, 6.45) is 4.55. The van der Waals surface area contributed by atoms with Crippen LogP contribution in [0, 0.1) is 0 Å². The van der Waals surface area contributed by atoms with Gasteiger partial charge in [-0.2, -0.15) is 5.10 Å². The number of benzene rings is 1. The molecular formula is C15H16ClN3O2. The van der Waals surface area contributed by atoms with Crippen molar-refractivity contribution < 1.29 is 9.53 Å². The van der Waals surface area contributed by atoms with Crippen LogP contribution in [0.4, 0.5) is 5.69 Å². The Bertz CT molecular complexity index is 604. The lowest BCUT2D eigenvalue weighted by Gasteiger charge is -2.36. The molecule has 0 saturated carbocycles. The maximum absolute atomic E-state index is 12.8. The molecule has 0 bridgehead atoms. The summed E-state index contributed by atoms with van der Waals surface area (Å²) in [6.45, 7) is 1.14. The summed E-state index contributed by atoms with van der Waals surface area (Å²) in [5, 5.41) is 10.1. The van der Waals surface area contributed by atoms with Gasteiger partial charge < -0.3 is 10.1 Å². The minimum absolute atomic E-state index is 0.0328. The lowest BCUT2D eigenvalue weighted by atomic mass is 9.73. The molecule has 110 valence electrons. The summed E-state index contributed by atoms with van der Waals surface area (Å²) in [5.41, 5.74) is 1.05. The fraction of sp³-hybridized carbons (Fsp3) is 0.333. The second-order valence-electron chi connectivity index (χ2n) is 5.14. The van der Waals surface area contributed by atoms with E-state index in [0.29, 0.717) is 36.8 Å². The number of H-pyrrole nitrogens is 1. The van der Waals surface area contributed by atoms with Crippen molar-refractivity contribution in [1.29, 1.82) is 0 Å². The number of nitrogens with zero attached hydrogens (tertiary/aromatic N) is 1. The molecule has 0 atom stereocenters. The molecule has 1 amide bonds. The Kier molecular flexibility index (Phi) is 3.94. The van der Waals surface area contributed by atoms with Gasteiger partial charge in [0.25, 0.3) is 0 Å². The third-order valence-corrected chi connectivity index (χ3v) is 4.19. The first-order valence-corrected chi connectivity index (χ1v) is 7.22. The molecule has 0 unspecified atom stereocenters. The van der Waals surface area contributed by atoms with Crippen LogP contribution in [0.15, 0.2) is 36.7 Å². The Morgan fingerprint density at radius 1 is 1.29 bits per heavy atom. The molecule has 1 aromatic heterocycles. The minimum atomic E-state index is -0.583. The fourth-order valence-corrected chi connectivity index (χ4v) is 2.83. The molecule has 1 fully saturated rings. The lowest BCUT2D eigenvalue weighted by Crippen LogP contribution is -2.44. The number of hydrogen-bond acceptors (Lipinski definition) is 3. The average molecular weight is 306 g/mol. The molecule has 1 aliphatic heterocycles. The smallest absolute Gasteiger partial charge is 0.235 e. The Hall–Kier alpha value is -1.85. The van der Waals surface area contributed by atoms with Crippen molar-refractivity contribution >= 4 is 23.2 Å². The van der Waals surface area contributed by atoms with Gasteiger partial charge in [0, 0.05) is 24.4 Å². The number of aromatic nitrogens is 2. The molecule has 1 aromatic carbocycles. The van der Waals surface area contributed by atoms with Crippen LogP contribution >= 0.6 is 11.6 Å². The summed E-state index contributed by atoms with van der Waals surface area (Å²) in [6, 6.07) is 7.48. The van der Waals surface area contributed by atoms with Crippen LogP contribution in [0.25, 0.3) is 0 Å². The van der Waals surface area contributed by atoms with Crippen molar-refractivity contribution in [1.82, 2.24) is 10.2 Å². The highest BCUT2D eigenvalue weighted by atomic mass is 35.5. The molecule has 21 heavy (non-hydrogen) atoms. The van der Waals surface area contributed by atoms with Crippen molar-refractivity contribution in [2.75, 3.05) is 18.5 Å². The zero-order valence-corrected chi connectivity index (χ0v) is 12.2. The quantitative estimate of drug-likeness (QED) is 0.916. The summed E-state index contributed by atoms with van der Waals surface area (Å²) >= 11 is 5.95. The highest BCUT2D eigenvalue weighted by Gasteiger charge is 2.41. The van der Waals surface area contributed by atoms with Crippen LogP contribution in [0.3, 0.4) is 0 Å². The van der Waals surface area contributed by atoms with E-state index in [4.69, 9.17) is 16.3 Å². The SMILES string of the molecule is O=C(Nc1cn[nH]c1)C1(c2ccc(Cl)cc2)CCOCC1. The zero-order chi connectivity index (χ0) is 14.7. The normalized spacial score (nSPS) is 17.4. The number of rotatable bonds is 3. The van der Waals surface area contributed by atoms with Crippen LogP contribution in [-0.4, -0.2) is 29.3 Å². The molecule has 0 radical (unpaired) electrons. The zero-order valence-electron chi connectivity index (χ0n) is 11.4. The predicted molar refractivity (Wildman–Crippen MR) is 80.4 cm³/mol. The van der Waals surface area contributed by atoms with Gasteiger partial charge in [0.2, 0.25) is 5.91 Å². The molecule has 2 N–H and O–H groups in total. The van der Waals surface area contributed by atoms with Gasteiger partial charge >= 0.3 is 0 Å². The number of nitrogens with one attached hydrogen (secondary N) is 2. The summed E-state index contributed by atoms with van der Waals surface area (Å²) in [5.74, 6) is -0.0328. The maximum atomic E-state index is 12.8. The van der Waals surface area contributed by atoms with Crippen LogP contribution in [0.5, 0.6) is 0 Å². The number of anilines is 1. The molecule has 2 aromatic rings. The van der Waals surface area contributed by atoms with E-state index in [2.05, 4.69) is 15.5 Å². The van der Waals surface area contributed by atoms with Crippen molar-refractivity contribution in [2.45, 2.75) is 18.3 Å². The second-order valence-corrected chi connectivity index (χ2v) is 5.58. The summed E-state index contributed by atoms with van der Waals surface area (Å²) in [4.78, 5) is 12.8. The van der Waals surface area contributed by atoms with E-state index in [0.717, 1.165) is 5.56 Å². The molecule has 1 saturated heterocycles. The van der Waals surface area contributed by atoms with Gasteiger partial charge in [-0.15, -0.1) is 0 Å². The van der Waals surface area contributed by atoms with E-state index in [1.165, 1.54) is 0 Å². The number of amides is 1. The highest BCUT2D eigenvalue weighted by Crippen LogP contribution is 2.36. The van der Waals surface area contributed by atoms with Crippen molar-refractivity contribution in [3.05, 3.63) is 47.2 Å². The largest absolute Gasteiger partial charge is 0.381 e. The molecule has 1 aliphatic rings.